The lowest BCUT2D eigenvalue weighted by Crippen LogP contribution is -2.28. The van der Waals surface area contributed by atoms with Crippen LogP contribution in [0.15, 0.2) is 71.3 Å². The van der Waals surface area contributed by atoms with E-state index in [-0.39, 0.29) is 36.5 Å². The highest BCUT2D eigenvalue weighted by molar-refractivity contribution is 6.02. The molecule has 0 aliphatic heterocycles. The number of hydrogen-bond donors (Lipinski definition) is 2. The van der Waals surface area contributed by atoms with E-state index >= 15 is 0 Å². The number of carbonyl (C=O) groups is 2. The highest BCUT2D eigenvalue weighted by Gasteiger charge is 2.10. The molecule has 0 spiro atoms. The predicted octanol–water partition coefficient (Wildman–Crippen LogP) is 3.37. The Hall–Kier alpha value is -3.61. The number of rotatable bonds is 7. The van der Waals surface area contributed by atoms with Crippen molar-refractivity contribution in [1.82, 2.24) is 5.32 Å². The SMILES string of the molecule is O=C(COc1cccc(NC(=O)c2ccco2)c1)NCc1ccccc1F. The summed E-state index contributed by atoms with van der Waals surface area (Å²) in [4.78, 5) is 23.8. The van der Waals surface area contributed by atoms with E-state index in [0.29, 0.717) is 17.0 Å². The standard InChI is InChI=1S/C20H17FN2O4/c21-17-8-2-1-5-14(17)12-22-19(24)13-27-16-7-3-6-15(11-16)23-20(25)18-9-4-10-26-18/h1-11H,12-13H2,(H,22,24)(H,23,25). The third-order valence-corrected chi connectivity index (χ3v) is 3.64. The number of carbonyl (C=O) groups excluding carboxylic acids is 2. The molecule has 2 aromatic carbocycles. The van der Waals surface area contributed by atoms with E-state index in [1.807, 2.05) is 0 Å². The van der Waals surface area contributed by atoms with Crippen LogP contribution in [0.5, 0.6) is 5.75 Å². The van der Waals surface area contributed by atoms with Crippen molar-refractivity contribution in [1.29, 1.82) is 0 Å². The molecule has 7 heteroatoms. The zero-order chi connectivity index (χ0) is 19.1. The van der Waals surface area contributed by atoms with Crippen LogP contribution in [-0.2, 0) is 11.3 Å². The number of nitrogens with one attached hydrogen (secondary N) is 2. The normalized spacial score (nSPS) is 10.3. The molecule has 1 aromatic heterocycles. The summed E-state index contributed by atoms with van der Waals surface area (Å²) in [6.45, 7) is -0.155. The summed E-state index contributed by atoms with van der Waals surface area (Å²) in [5.74, 6) is -0.552. The molecular formula is C20H17FN2O4. The number of furan rings is 1. The fraction of sp³-hybridized carbons (Fsp3) is 0.100. The zero-order valence-corrected chi connectivity index (χ0v) is 14.3. The van der Waals surface area contributed by atoms with E-state index in [0.717, 1.165) is 0 Å². The van der Waals surface area contributed by atoms with Crippen LogP contribution in [0, 0.1) is 5.82 Å². The van der Waals surface area contributed by atoms with E-state index < -0.39 is 0 Å². The Kier molecular flexibility index (Phi) is 5.84. The van der Waals surface area contributed by atoms with Crippen molar-refractivity contribution in [3.63, 3.8) is 0 Å². The Bertz CT molecular complexity index is 925. The molecule has 3 aromatic rings. The third-order valence-electron chi connectivity index (χ3n) is 3.64. The maximum Gasteiger partial charge on any atom is 0.291 e. The van der Waals surface area contributed by atoms with Crippen molar-refractivity contribution in [2.45, 2.75) is 6.54 Å². The summed E-state index contributed by atoms with van der Waals surface area (Å²) in [6, 6.07) is 16.0. The average molecular weight is 368 g/mol. The minimum Gasteiger partial charge on any atom is -0.484 e. The van der Waals surface area contributed by atoms with Gasteiger partial charge in [-0.05, 0) is 30.3 Å². The molecule has 2 amide bonds. The minimum atomic E-state index is -0.389. The molecule has 0 fully saturated rings. The van der Waals surface area contributed by atoms with Gasteiger partial charge >= 0.3 is 0 Å². The van der Waals surface area contributed by atoms with Gasteiger partial charge in [-0.2, -0.15) is 0 Å². The Morgan fingerprint density at radius 2 is 1.89 bits per heavy atom. The van der Waals surface area contributed by atoms with Gasteiger partial charge in [-0.1, -0.05) is 24.3 Å². The van der Waals surface area contributed by atoms with Crippen LogP contribution in [0.4, 0.5) is 10.1 Å². The lowest BCUT2D eigenvalue weighted by Gasteiger charge is -2.09. The van der Waals surface area contributed by atoms with Gasteiger partial charge in [0.1, 0.15) is 11.6 Å². The number of anilines is 1. The summed E-state index contributed by atoms with van der Waals surface area (Å²) < 4.78 is 24.0. The Morgan fingerprint density at radius 1 is 1.04 bits per heavy atom. The first-order chi connectivity index (χ1) is 13.1. The molecule has 2 N–H and O–H groups in total. The van der Waals surface area contributed by atoms with Crippen LogP contribution in [0.2, 0.25) is 0 Å². The zero-order valence-electron chi connectivity index (χ0n) is 14.3. The maximum atomic E-state index is 13.5. The van der Waals surface area contributed by atoms with Crippen LogP contribution in [0.25, 0.3) is 0 Å². The lowest BCUT2D eigenvalue weighted by molar-refractivity contribution is -0.123. The molecule has 0 aliphatic carbocycles. The van der Waals surface area contributed by atoms with Crippen LogP contribution < -0.4 is 15.4 Å². The smallest absolute Gasteiger partial charge is 0.291 e. The second-order valence-corrected chi connectivity index (χ2v) is 5.62. The van der Waals surface area contributed by atoms with Gasteiger partial charge in [-0.15, -0.1) is 0 Å². The number of hydrogen-bond acceptors (Lipinski definition) is 4. The van der Waals surface area contributed by atoms with Crippen LogP contribution in [0.3, 0.4) is 0 Å². The van der Waals surface area contributed by atoms with E-state index in [9.17, 15) is 14.0 Å². The summed E-state index contributed by atoms with van der Waals surface area (Å²) in [5.41, 5.74) is 0.897. The first-order valence-corrected chi connectivity index (χ1v) is 8.19. The molecule has 0 atom stereocenters. The molecule has 0 aliphatic rings. The van der Waals surface area contributed by atoms with Gasteiger partial charge in [0.15, 0.2) is 12.4 Å². The minimum absolute atomic E-state index is 0.0775. The second-order valence-electron chi connectivity index (χ2n) is 5.62. The Balaban J connectivity index is 1.50. The van der Waals surface area contributed by atoms with Crippen molar-refractivity contribution in [2.75, 3.05) is 11.9 Å². The van der Waals surface area contributed by atoms with Crippen LogP contribution in [-0.4, -0.2) is 18.4 Å². The van der Waals surface area contributed by atoms with Crippen LogP contribution in [0.1, 0.15) is 16.1 Å². The fourth-order valence-electron chi connectivity index (χ4n) is 2.30. The largest absolute Gasteiger partial charge is 0.484 e. The first-order valence-electron chi connectivity index (χ1n) is 8.19. The van der Waals surface area contributed by atoms with Crippen molar-refractivity contribution in [3.8, 4) is 5.75 Å². The fourth-order valence-corrected chi connectivity index (χ4v) is 2.30. The predicted molar refractivity (Wildman–Crippen MR) is 96.8 cm³/mol. The van der Waals surface area contributed by atoms with Gasteiger partial charge in [0.2, 0.25) is 0 Å². The summed E-state index contributed by atoms with van der Waals surface area (Å²) >= 11 is 0. The lowest BCUT2D eigenvalue weighted by atomic mass is 10.2. The Morgan fingerprint density at radius 3 is 2.67 bits per heavy atom. The van der Waals surface area contributed by atoms with E-state index in [1.54, 1.807) is 54.6 Å². The molecule has 1 heterocycles. The molecule has 3 rings (SSSR count). The van der Waals surface area contributed by atoms with Crippen LogP contribution >= 0.6 is 0 Å². The average Bonchev–Trinajstić information content (AvgIpc) is 3.21. The monoisotopic (exact) mass is 368 g/mol. The second kappa shape index (κ2) is 8.66. The van der Waals surface area contributed by atoms with Crippen molar-refractivity contribution in [3.05, 3.63) is 84.1 Å². The van der Waals surface area contributed by atoms with Crippen molar-refractivity contribution in [2.24, 2.45) is 0 Å². The molecule has 6 nitrogen and oxygen atoms in total. The van der Waals surface area contributed by atoms with Gasteiger partial charge in [-0.3, -0.25) is 9.59 Å². The summed E-state index contributed by atoms with van der Waals surface area (Å²) in [6.07, 6.45) is 1.41. The van der Waals surface area contributed by atoms with E-state index in [4.69, 9.17) is 9.15 Å². The number of amides is 2. The van der Waals surface area contributed by atoms with Gasteiger partial charge in [0, 0.05) is 23.9 Å². The highest BCUT2D eigenvalue weighted by Crippen LogP contribution is 2.18. The van der Waals surface area contributed by atoms with Crippen molar-refractivity contribution < 1.29 is 23.1 Å². The third kappa shape index (κ3) is 5.18. The highest BCUT2D eigenvalue weighted by atomic mass is 19.1. The Labute approximate surface area is 155 Å². The van der Waals surface area contributed by atoms with Gasteiger partial charge in [0.05, 0.1) is 6.26 Å². The number of ether oxygens (including phenoxy) is 1. The van der Waals surface area contributed by atoms with Crippen molar-refractivity contribution >= 4 is 17.5 Å². The molecular weight excluding hydrogens is 351 g/mol. The molecule has 0 radical (unpaired) electrons. The van der Waals surface area contributed by atoms with E-state index in [1.165, 1.54) is 12.3 Å². The molecule has 0 saturated heterocycles. The maximum absolute atomic E-state index is 13.5. The topological polar surface area (TPSA) is 80.6 Å². The van der Waals surface area contributed by atoms with E-state index in [2.05, 4.69) is 10.6 Å². The van der Waals surface area contributed by atoms with Gasteiger partial charge < -0.3 is 19.8 Å². The first kappa shape index (κ1) is 18.2. The summed E-state index contributed by atoms with van der Waals surface area (Å²) in [5, 5.41) is 5.26. The molecule has 0 unspecified atom stereocenters. The number of benzene rings is 2. The molecule has 0 saturated carbocycles. The molecule has 0 bridgehead atoms. The molecule has 138 valence electrons. The van der Waals surface area contributed by atoms with Gasteiger partial charge in [-0.25, -0.2) is 4.39 Å². The quantitative estimate of drug-likeness (QED) is 0.670. The number of halogens is 1. The van der Waals surface area contributed by atoms with Gasteiger partial charge in [0.25, 0.3) is 11.8 Å². The summed E-state index contributed by atoms with van der Waals surface area (Å²) in [7, 11) is 0. The molecule has 27 heavy (non-hydrogen) atoms.